The summed E-state index contributed by atoms with van der Waals surface area (Å²) in [4.78, 5) is 7.41. The van der Waals surface area contributed by atoms with Crippen molar-refractivity contribution in [1.82, 2.24) is 15.6 Å². The number of hydrogen-bond donors (Lipinski definition) is 3. The summed E-state index contributed by atoms with van der Waals surface area (Å²) < 4.78 is 27.4. The third-order valence-corrected chi connectivity index (χ3v) is 5.06. The molecule has 1 fully saturated rings. The highest BCUT2D eigenvalue weighted by Crippen LogP contribution is 2.41. The average Bonchev–Trinajstić information content (AvgIpc) is 3.32. The summed E-state index contributed by atoms with van der Waals surface area (Å²) >= 11 is 0. The lowest BCUT2D eigenvalue weighted by molar-refractivity contribution is 0.607. The second-order valence-electron chi connectivity index (χ2n) is 6.87. The lowest BCUT2D eigenvalue weighted by Crippen LogP contribution is -2.39. The van der Waals surface area contributed by atoms with Crippen LogP contribution in [0.4, 0.5) is 8.78 Å². The molecule has 2 unspecified atom stereocenters. The third kappa shape index (κ3) is 3.79. The quantitative estimate of drug-likeness (QED) is 0.475. The zero-order valence-electron chi connectivity index (χ0n) is 15.1. The van der Waals surface area contributed by atoms with Gasteiger partial charge in [0.05, 0.1) is 0 Å². The van der Waals surface area contributed by atoms with Gasteiger partial charge in [0.25, 0.3) is 0 Å². The molecule has 1 aliphatic rings. The number of aliphatic imine (C=N–C) groups is 1. The molecule has 0 aliphatic heterocycles. The van der Waals surface area contributed by atoms with Gasteiger partial charge in [-0.05, 0) is 48.2 Å². The van der Waals surface area contributed by atoms with Crippen molar-refractivity contribution in [3.8, 4) is 0 Å². The van der Waals surface area contributed by atoms with Crippen LogP contribution in [0.2, 0.25) is 0 Å². The highest BCUT2D eigenvalue weighted by Gasteiger charge is 2.40. The van der Waals surface area contributed by atoms with Crippen LogP contribution in [0.15, 0.2) is 53.7 Å². The molecule has 0 saturated heterocycles. The third-order valence-electron chi connectivity index (χ3n) is 5.06. The van der Waals surface area contributed by atoms with Crippen LogP contribution in [0.3, 0.4) is 0 Å². The number of nitrogens with one attached hydrogen (secondary N) is 3. The van der Waals surface area contributed by atoms with E-state index in [1.807, 2.05) is 18.3 Å². The minimum atomic E-state index is -0.235. The first-order valence-electron chi connectivity index (χ1n) is 9.13. The molecule has 4 rings (SSSR count). The Morgan fingerprint density at radius 1 is 1.22 bits per heavy atom. The van der Waals surface area contributed by atoms with Gasteiger partial charge in [0.15, 0.2) is 5.96 Å². The Bertz CT molecular complexity index is 979. The van der Waals surface area contributed by atoms with Crippen LogP contribution in [0.1, 0.15) is 23.5 Å². The molecule has 6 heteroatoms. The van der Waals surface area contributed by atoms with E-state index >= 15 is 0 Å². The summed E-state index contributed by atoms with van der Waals surface area (Å²) in [7, 11) is 1.72. The fourth-order valence-electron chi connectivity index (χ4n) is 3.52. The largest absolute Gasteiger partial charge is 0.361 e. The van der Waals surface area contributed by atoms with E-state index in [4.69, 9.17) is 0 Å². The normalized spacial score (nSPS) is 19.3. The standard InChI is InChI=1S/C21H22F2N4/c1-24-21(27-20-11-17(20)15-4-2-3-5-18(15)23)25-9-8-13-12-26-19-7-6-14(22)10-16(13)19/h2-7,10,12,17,20,26H,8-9,11H2,1H3,(H2,24,25,27). The second-order valence-corrected chi connectivity index (χ2v) is 6.87. The highest BCUT2D eigenvalue weighted by atomic mass is 19.1. The minimum absolute atomic E-state index is 0.152. The van der Waals surface area contributed by atoms with E-state index in [2.05, 4.69) is 20.6 Å². The maximum atomic E-state index is 13.9. The molecule has 140 valence electrons. The average molecular weight is 368 g/mol. The van der Waals surface area contributed by atoms with Gasteiger partial charge in [0.1, 0.15) is 11.6 Å². The van der Waals surface area contributed by atoms with E-state index in [-0.39, 0.29) is 23.6 Å². The fourth-order valence-corrected chi connectivity index (χ4v) is 3.52. The van der Waals surface area contributed by atoms with Gasteiger partial charge in [-0.15, -0.1) is 0 Å². The summed E-state index contributed by atoms with van der Waals surface area (Å²) in [6, 6.07) is 11.9. The first-order valence-corrected chi connectivity index (χ1v) is 9.13. The Morgan fingerprint density at radius 2 is 2.07 bits per heavy atom. The Labute approximate surface area is 156 Å². The molecule has 1 aromatic heterocycles. The molecule has 1 saturated carbocycles. The Balaban J connectivity index is 1.31. The van der Waals surface area contributed by atoms with Crippen molar-refractivity contribution in [2.45, 2.75) is 24.8 Å². The number of aromatic amines is 1. The molecule has 1 heterocycles. The van der Waals surface area contributed by atoms with Gasteiger partial charge >= 0.3 is 0 Å². The van der Waals surface area contributed by atoms with Crippen molar-refractivity contribution in [3.05, 3.63) is 71.4 Å². The van der Waals surface area contributed by atoms with Crippen molar-refractivity contribution in [1.29, 1.82) is 0 Å². The number of H-pyrrole nitrogens is 1. The summed E-state index contributed by atoms with van der Waals surface area (Å²) in [5.41, 5.74) is 2.74. The number of aromatic nitrogens is 1. The molecule has 0 amide bonds. The predicted octanol–water partition coefficient (Wildman–Crippen LogP) is 3.71. The molecule has 0 bridgehead atoms. The SMILES string of the molecule is CN=C(NCCc1c[nH]c2ccc(F)cc12)NC1CC1c1ccccc1F. The van der Waals surface area contributed by atoms with E-state index in [9.17, 15) is 8.78 Å². The van der Waals surface area contributed by atoms with Crippen LogP contribution >= 0.6 is 0 Å². The molecule has 3 aromatic rings. The molecule has 0 spiro atoms. The number of benzene rings is 2. The Morgan fingerprint density at radius 3 is 2.89 bits per heavy atom. The molecule has 4 nitrogen and oxygen atoms in total. The Kier molecular flexibility index (Phi) is 4.79. The highest BCUT2D eigenvalue weighted by molar-refractivity contribution is 5.83. The molecule has 3 N–H and O–H groups in total. The molecule has 2 aromatic carbocycles. The van der Waals surface area contributed by atoms with Gasteiger partial charge < -0.3 is 15.6 Å². The van der Waals surface area contributed by atoms with Gasteiger partial charge in [-0.1, -0.05) is 18.2 Å². The van der Waals surface area contributed by atoms with Gasteiger partial charge in [-0.2, -0.15) is 0 Å². The van der Waals surface area contributed by atoms with Crippen LogP contribution in [-0.2, 0) is 6.42 Å². The number of hydrogen-bond acceptors (Lipinski definition) is 1. The van der Waals surface area contributed by atoms with Gasteiger partial charge in [-0.3, -0.25) is 4.99 Å². The van der Waals surface area contributed by atoms with Gasteiger partial charge in [0, 0.05) is 42.7 Å². The van der Waals surface area contributed by atoms with Crippen molar-refractivity contribution in [2.24, 2.45) is 4.99 Å². The van der Waals surface area contributed by atoms with Crippen LogP contribution < -0.4 is 10.6 Å². The van der Waals surface area contributed by atoms with Gasteiger partial charge in [0.2, 0.25) is 0 Å². The summed E-state index contributed by atoms with van der Waals surface area (Å²) in [6.45, 7) is 0.667. The summed E-state index contributed by atoms with van der Waals surface area (Å²) in [5.74, 6) is 0.495. The molecular formula is C21H22F2N4. The molecule has 0 radical (unpaired) electrons. The Hall–Kier alpha value is -2.89. The van der Waals surface area contributed by atoms with E-state index in [0.717, 1.165) is 34.9 Å². The van der Waals surface area contributed by atoms with E-state index in [0.29, 0.717) is 12.5 Å². The molecule has 2 atom stereocenters. The first kappa shape index (κ1) is 17.5. The lowest BCUT2D eigenvalue weighted by atomic mass is 10.1. The van der Waals surface area contributed by atoms with Crippen molar-refractivity contribution >= 4 is 16.9 Å². The molecule has 27 heavy (non-hydrogen) atoms. The van der Waals surface area contributed by atoms with Crippen molar-refractivity contribution in [3.63, 3.8) is 0 Å². The smallest absolute Gasteiger partial charge is 0.191 e. The number of rotatable bonds is 5. The first-order chi connectivity index (χ1) is 13.2. The second kappa shape index (κ2) is 7.39. The zero-order chi connectivity index (χ0) is 18.8. The number of nitrogens with zero attached hydrogens (tertiary/aromatic N) is 1. The van der Waals surface area contributed by atoms with Crippen LogP contribution in [0.5, 0.6) is 0 Å². The van der Waals surface area contributed by atoms with E-state index in [1.54, 1.807) is 25.2 Å². The zero-order valence-corrected chi connectivity index (χ0v) is 15.1. The fraction of sp³-hybridized carbons (Fsp3) is 0.286. The van der Waals surface area contributed by atoms with E-state index in [1.165, 1.54) is 12.1 Å². The maximum absolute atomic E-state index is 13.9. The minimum Gasteiger partial charge on any atom is -0.361 e. The van der Waals surface area contributed by atoms with Gasteiger partial charge in [-0.25, -0.2) is 8.78 Å². The number of guanidine groups is 1. The van der Waals surface area contributed by atoms with Crippen LogP contribution in [0.25, 0.3) is 10.9 Å². The number of fused-ring (bicyclic) bond motifs is 1. The summed E-state index contributed by atoms with van der Waals surface area (Å²) in [5, 5.41) is 7.53. The monoisotopic (exact) mass is 368 g/mol. The molecule has 1 aliphatic carbocycles. The number of halogens is 2. The van der Waals surface area contributed by atoms with Crippen LogP contribution in [0, 0.1) is 11.6 Å². The summed E-state index contributed by atoms with van der Waals surface area (Å²) in [6.07, 6.45) is 3.55. The van der Waals surface area contributed by atoms with Crippen LogP contribution in [-0.4, -0.2) is 30.6 Å². The van der Waals surface area contributed by atoms with E-state index < -0.39 is 0 Å². The van der Waals surface area contributed by atoms with Crippen molar-refractivity contribution < 1.29 is 8.78 Å². The van der Waals surface area contributed by atoms with Crippen molar-refractivity contribution in [2.75, 3.05) is 13.6 Å². The maximum Gasteiger partial charge on any atom is 0.191 e. The predicted molar refractivity (Wildman–Crippen MR) is 104 cm³/mol. The topological polar surface area (TPSA) is 52.2 Å². The lowest BCUT2D eigenvalue weighted by Gasteiger charge is -2.12. The molecular weight excluding hydrogens is 346 g/mol.